The molecule has 3 saturated heterocycles. The summed E-state index contributed by atoms with van der Waals surface area (Å²) in [4.78, 5) is 22.6. The zero-order chi connectivity index (χ0) is 12.5. The van der Waals surface area contributed by atoms with E-state index in [1.807, 2.05) is 6.92 Å². The zero-order valence-electron chi connectivity index (χ0n) is 9.99. The molecule has 0 N–H and O–H groups in total. The van der Waals surface area contributed by atoms with Gasteiger partial charge in [-0.05, 0) is 0 Å². The maximum Gasteiger partial charge on any atom is 0.313 e. The van der Waals surface area contributed by atoms with Crippen molar-refractivity contribution in [3.63, 3.8) is 0 Å². The number of ketones is 1. The quantitative estimate of drug-likeness (QED) is 0.521. The fourth-order valence-corrected chi connectivity index (χ4v) is 1.79. The van der Waals surface area contributed by atoms with Crippen LogP contribution in [0.2, 0.25) is 0 Å². The summed E-state index contributed by atoms with van der Waals surface area (Å²) in [5.74, 6) is -2.17. The van der Waals surface area contributed by atoms with E-state index >= 15 is 0 Å². The van der Waals surface area contributed by atoms with Gasteiger partial charge in [0.05, 0.1) is 33.4 Å². The molecular weight excluding hydrogens is 228 g/mol. The Morgan fingerprint density at radius 3 is 2.18 bits per heavy atom. The van der Waals surface area contributed by atoms with Crippen LogP contribution in [0.1, 0.15) is 19.8 Å². The molecule has 0 saturated carbocycles. The lowest BCUT2D eigenvalue weighted by Gasteiger charge is -2.50. The molecule has 0 aromatic carbocycles. The number of rotatable bonds is 4. The minimum atomic E-state index is -1.29. The molecule has 3 rings (SSSR count). The summed E-state index contributed by atoms with van der Waals surface area (Å²) >= 11 is 0. The number of carbonyl (C=O) groups is 2. The van der Waals surface area contributed by atoms with E-state index < -0.39 is 11.9 Å². The van der Waals surface area contributed by atoms with Gasteiger partial charge in [-0.3, -0.25) is 9.59 Å². The van der Waals surface area contributed by atoms with Gasteiger partial charge >= 0.3 is 5.97 Å². The molecule has 0 spiro atoms. The summed E-state index contributed by atoms with van der Waals surface area (Å²) in [6, 6.07) is 0. The smallest absolute Gasteiger partial charge is 0.313 e. The van der Waals surface area contributed by atoms with E-state index in [0.717, 1.165) is 0 Å². The first-order valence-electron chi connectivity index (χ1n) is 5.47. The van der Waals surface area contributed by atoms with Crippen LogP contribution in [0.3, 0.4) is 0 Å². The maximum absolute atomic E-state index is 11.6. The number of ether oxygens (including phenoxy) is 4. The van der Waals surface area contributed by atoms with Crippen molar-refractivity contribution in [3.8, 4) is 0 Å². The highest BCUT2D eigenvalue weighted by Crippen LogP contribution is 2.39. The third kappa shape index (κ3) is 2.65. The Kier molecular flexibility index (Phi) is 3.20. The SMILES string of the molecule is COC(=O)CC(=O)CC12OCC(C)(CO1)CO2. The van der Waals surface area contributed by atoms with Crippen LogP contribution < -0.4 is 0 Å². The number of fused-ring (bicyclic) bond motifs is 3. The molecule has 96 valence electrons. The third-order valence-corrected chi connectivity index (χ3v) is 2.90. The van der Waals surface area contributed by atoms with Gasteiger partial charge in [0.15, 0.2) is 5.78 Å². The minimum absolute atomic E-state index is 0.0851. The van der Waals surface area contributed by atoms with Crippen LogP contribution in [0.25, 0.3) is 0 Å². The Labute approximate surface area is 99.2 Å². The van der Waals surface area contributed by atoms with Crippen LogP contribution >= 0.6 is 0 Å². The second-order valence-corrected chi connectivity index (χ2v) is 4.83. The van der Waals surface area contributed by atoms with Crippen molar-refractivity contribution in [2.45, 2.75) is 25.7 Å². The molecule has 3 fully saturated rings. The lowest BCUT2D eigenvalue weighted by molar-refractivity contribution is -0.463. The fraction of sp³-hybridized carbons (Fsp3) is 0.818. The summed E-state index contributed by atoms with van der Waals surface area (Å²) in [6.07, 6.45) is -0.371. The van der Waals surface area contributed by atoms with Gasteiger partial charge in [-0.1, -0.05) is 6.92 Å². The second kappa shape index (κ2) is 4.36. The molecule has 3 aliphatic heterocycles. The summed E-state index contributed by atoms with van der Waals surface area (Å²) < 4.78 is 20.7. The monoisotopic (exact) mass is 244 g/mol. The Hall–Kier alpha value is -0.980. The van der Waals surface area contributed by atoms with E-state index in [1.165, 1.54) is 7.11 Å². The van der Waals surface area contributed by atoms with Gasteiger partial charge in [-0.2, -0.15) is 0 Å². The second-order valence-electron chi connectivity index (χ2n) is 4.83. The Balaban J connectivity index is 1.91. The fourth-order valence-electron chi connectivity index (χ4n) is 1.79. The Morgan fingerprint density at radius 1 is 1.18 bits per heavy atom. The highest BCUT2D eigenvalue weighted by molar-refractivity contribution is 5.95. The van der Waals surface area contributed by atoms with E-state index in [2.05, 4.69) is 4.74 Å². The first-order chi connectivity index (χ1) is 7.97. The van der Waals surface area contributed by atoms with Crippen LogP contribution in [0.4, 0.5) is 0 Å². The topological polar surface area (TPSA) is 71.1 Å². The lowest BCUT2D eigenvalue weighted by Crippen LogP contribution is -2.59. The molecule has 6 nitrogen and oxygen atoms in total. The third-order valence-electron chi connectivity index (χ3n) is 2.90. The van der Waals surface area contributed by atoms with E-state index in [4.69, 9.17) is 14.2 Å². The van der Waals surface area contributed by atoms with Crippen molar-refractivity contribution in [2.75, 3.05) is 26.9 Å². The van der Waals surface area contributed by atoms with Gasteiger partial charge in [-0.25, -0.2) is 0 Å². The Bertz CT molecular complexity index is 312. The molecule has 0 unspecified atom stereocenters. The Morgan fingerprint density at radius 2 is 1.71 bits per heavy atom. The normalized spacial score (nSPS) is 35.6. The average molecular weight is 244 g/mol. The zero-order valence-corrected chi connectivity index (χ0v) is 9.99. The molecule has 6 heteroatoms. The molecule has 17 heavy (non-hydrogen) atoms. The standard InChI is InChI=1S/C11H16O6/c1-10-5-15-11(16-6-10,17-7-10)4-8(12)3-9(13)14-2/h3-7H2,1-2H3. The average Bonchev–Trinajstić information content (AvgIpc) is 2.31. The van der Waals surface area contributed by atoms with Crippen molar-refractivity contribution in [2.24, 2.45) is 5.41 Å². The summed E-state index contributed by atoms with van der Waals surface area (Å²) in [6.45, 7) is 3.49. The van der Waals surface area contributed by atoms with Crippen molar-refractivity contribution in [1.29, 1.82) is 0 Å². The highest BCUT2D eigenvalue weighted by Gasteiger charge is 2.51. The van der Waals surface area contributed by atoms with Gasteiger partial charge in [-0.15, -0.1) is 0 Å². The minimum Gasteiger partial charge on any atom is -0.469 e. The van der Waals surface area contributed by atoms with Crippen LogP contribution in [0.15, 0.2) is 0 Å². The van der Waals surface area contributed by atoms with E-state index in [-0.39, 0.29) is 24.0 Å². The molecular formula is C11H16O6. The highest BCUT2D eigenvalue weighted by atomic mass is 16.9. The first-order valence-corrected chi connectivity index (χ1v) is 5.47. The van der Waals surface area contributed by atoms with Gasteiger partial charge in [0.2, 0.25) is 0 Å². The number of hydrogen-bond acceptors (Lipinski definition) is 6. The van der Waals surface area contributed by atoms with Crippen molar-refractivity contribution < 1.29 is 28.5 Å². The van der Waals surface area contributed by atoms with Gasteiger partial charge in [0.25, 0.3) is 5.97 Å². The molecule has 0 amide bonds. The largest absolute Gasteiger partial charge is 0.469 e. The van der Waals surface area contributed by atoms with Gasteiger partial charge in [0.1, 0.15) is 6.42 Å². The number of methoxy groups -OCH3 is 1. The summed E-state index contributed by atoms with van der Waals surface area (Å²) in [5.41, 5.74) is -0.132. The van der Waals surface area contributed by atoms with Crippen molar-refractivity contribution in [1.82, 2.24) is 0 Å². The van der Waals surface area contributed by atoms with Gasteiger partial charge in [0, 0.05) is 5.41 Å². The summed E-state index contributed by atoms with van der Waals surface area (Å²) in [5, 5.41) is 0. The molecule has 0 aliphatic carbocycles. The van der Waals surface area contributed by atoms with Gasteiger partial charge < -0.3 is 18.9 Å². The van der Waals surface area contributed by atoms with Crippen LogP contribution in [-0.2, 0) is 28.5 Å². The van der Waals surface area contributed by atoms with Crippen LogP contribution in [-0.4, -0.2) is 44.7 Å². The lowest BCUT2D eigenvalue weighted by atomic mass is 9.91. The number of carbonyl (C=O) groups excluding carboxylic acids is 2. The molecule has 3 heterocycles. The molecule has 0 aromatic heterocycles. The maximum atomic E-state index is 11.6. The van der Waals surface area contributed by atoms with Crippen LogP contribution in [0, 0.1) is 5.41 Å². The number of hydrogen-bond donors (Lipinski definition) is 0. The number of esters is 1. The molecule has 0 radical (unpaired) electrons. The van der Waals surface area contributed by atoms with Crippen LogP contribution in [0.5, 0.6) is 0 Å². The predicted molar refractivity (Wildman–Crippen MR) is 55.0 cm³/mol. The van der Waals surface area contributed by atoms with E-state index in [1.54, 1.807) is 0 Å². The molecule has 3 aliphatic rings. The van der Waals surface area contributed by atoms with E-state index in [9.17, 15) is 9.59 Å². The number of Topliss-reactive ketones (excluding diaryl/α,β-unsaturated/α-hetero) is 1. The van der Waals surface area contributed by atoms with Crippen molar-refractivity contribution >= 4 is 11.8 Å². The van der Waals surface area contributed by atoms with E-state index in [0.29, 0.717) is 19.8 Å². The molecule has 0 atom stereocenters. The molecule has 2 bridgehead atoms. The molecule has 0 aromatic rings. The summed E-state index contributed by atoms with van der Waals surface area (Å²) in [7, 11) is 1.24. The predicted octanol–water partition coefficient (Wildman–Crippen LogP) is 0.246. The first kappa shape index (κ1) is 12.5. The van der Waals surface area contributed by atoms with Crippen molar-refractivity contribution in [3.05, 3.63) is 0 Å².